The maximum absolute atomic E-state index is 15.2. The predicted molar refractivity (Wildman–Crippen MR) is 333 cm³/mol. The van der Waals surface area contributed by atoms with Crippen molar-refractivity contribution in [3.8, 4) is 0 Å². The third kappa shape index (κ3) is 14.3. The lowest BCUT2D eigenvalue weighted by molar-refractivity contribution is -0.206. The van der Waals surface area contributed by atoms with E-state index in [1.54, 1.807) is 123 Å². The molecule has 6 aromatic rings. The summed E-state index contributed by atoms with van der Waals surface area (Å²) in [7, 11) is -7.95. The van der Waals surface area contributed by atoms with Gasteiger partial charge >= 0.3 is 11.9 Å². The van der Waals surface area contributed by atoms with Crippen molar-refractivity contribution in [3.05, 3.63) is 200 Å². The summed E-state index contributed by atoms with van der Waals surface area (Å²) in [6.45, 7) is 5.95. The van der Waals surface area contributed by atoms with E-state index in [4.69, 9.17) is 55.9 Å². The molecule has 10 rings (SSSR count). The van der Waals surface area contributed by atoms with E-state index < -0.39 is 126 Å². The number of anilines is 2. The van der Waals surface area contributed by atoms with Crippen molar-refractivity contribution < 1.29 is 64.5 Å². The molecule has 0 spiro atoms. The predicted octanol–water partition coefficient (Wildman–Crippen LogP) is 13.6. The Balaban J connectivity index is 0.000000209. The van der Waals surface area contributed by atoms with Crippen LogP contribution in [0.1, 0.15) is 126 Å². The number of hydrogen-bond donors (Lipinski definition) is 2. The number of morpholine rings is 2. The Kier molecular flexibility index (Phi) is 20.3. The highest BCUT2D eigenvalue weighted by molar-refractivity contribution is 7.94. The van der Waals surface area contributed by atoms with Crippen molar-refractivity contribution in [2.45, 2.75) is 137 Å². The van der Waals surface area contributed by atoms with Crippen molar-refractivity contribution in [1.82, 2.24) is 9.80 Å². The van der Waals surface area contributed by atoms with Gasteiger partial charge in [-0.3, -0.25) is 27.8 Å². The van der Waals surface area contributed by atoms with Crippen molar-refractivity contribution in [2.24, 2.45) is 0 Å². The molecule has 2 N–H and O–H groups in total. The number of sulfonamides is 2. The number of para-hydroxylation sites is 2. The van der Waals surface area contributed by atoms with E-state index in [-0.39, 0.29) is 37.3 Å². The minimum atomic E-state index is -3.98. The SMILES string of the molecule is CC[C@@H](CN(c1ccccc1F)S(=O)(=O)C1CC1)N1C(=O)[C@@](C)(CC(=O)O)O[C@H](c2cccc(Cl)c2)[C@H]1c1ccc(Cl)cc1.CC[C@@H](CN(c1ccccc1F)S(=O)(=O)C1CC1)N1C(=O)[C@](C)(CC(=O)O)O[C@H](c2cccc(Cl)c2)[C@H]1c1ccc(Cl)cc1. The van der Waals surface area contributed by atoms with Gasteiger partial charge in [-0.1, -0.05) is 133 Å². The Bertz CT molecular complexity index is 3550. The fraction of sp³-hybridized carbons (Fsp3) is 0.375. The van der Waals surface area contributed by atoms with Crippen molar-refractivity contribution in [2.75, 3.05) is 21.7 Å². The quantitative estimate of drug-likeness (QED) is 0.0651. The number of carboxylic acid groups (broad SMARTS) is 2. The van der Waals surface area contributed by atoms with E-state index in [9.17, 15) is 46.2 Å². The maximum Gasteiger partial charge on any atom is 0.306 e. The van der Waals surface area contributed by atoms with Crippen LogP contribution in [0, 0.1) is 11.6 Å². The third-order valence-electron chi connectivity index (χ3n) is 16.3. The van der Waals surface area contributed by atoms with Crippen molar-refractivity contribution >= 4 is 102 Å². The molecule has 2 amide bonds. The molecule has 88 heavy (non-hydrogen) atoms. The molecule has 0 aromatic heterocycles. The highest BCUT2D eigenvalue weighted by atomic mass is 35.5. The Morgan fingerprint density at radius 3 is 1.17 bits per heavy atom. The number of nitrogens with zero attached hydrogens (tertiary/aromatic N) is 4. The first-order valence-corrected chi connectivity index (χ1v) is 33.2. The molecule has 0 bridgehead atoms. The van der Waals surface area contributed by atoms with Crippen LogP contribution >= 0.6 is 46.4 Å². The molecule has 8 atom stereocenters. The van der Waals surface area contributed by atoms with Crippen LogP contribution in [0.2, 0.25) is 20.1 Å². The van der Waals surface area contributed by atoms with Gasteiger partial charge in [-0.15, -0.1) is 0 Å². The van der Waals surface area contributed by atoms with Crippen LogP contribution in [0.25, 0.3) is 0 Å². The van der Waals surface area contributed by atoms with Crippen LogP contribution in [0.3, 0.4) is 0 Å². The van der Waals surface area contributed by atoms with Crippen LogP contribution < -0.4 is 8.61 Å². The molecule has 468 valence electrons. The monoisotopic (exact) mass is 1320 g/mol. The molecule has 4 aliphatic rings. The lowest BCUT2D eigenvalue weighted by Crippen LogP contribution is -2.62. The summed E-state index contributed by atoms with van der Waals surface area (Å²) < 4.78 is 100. The largest absolute Gasteiger partial charge is 0.481 e. The summed E-state index contributed by atoms with van der Waals surface area (Å²) in [6, 6.07) is 35.4. The van der Waals surface area contributed by atoms with Crippen LogP contribution in [0.5, 0.6) is 0 Å². The second-order valence-corrected chi connectivity index (χ2v) is 28.8. The van der Waals surface area contributed by atoms with Crippen LogP contribution in [0.15, 0.2) is 146 Å². The molecule has 2 saturated heterocycles. The first-order valence-electron chi connectivity index (χ1n) is 28.7. The van der Waals surface area contributed by atoms with Gasteiger partial charge in [-0.05, 0) is 147 Å². The lowest BCUT2D eigenvalue weighted by Gasteiger charge is -2.52. The van der Waals surface area contributed by atoms with Crippen LogP contribution in [-0.4, -0.2) is 107 Å². The second kappa shape index (κ2) is 27.0. The number of benzene rings is 6. The van der Waals surface area contributed by atoms with E-state index in [0.717, 1.165) is 8.61 Å². The minimum Gasteiger partial charge on any atom is -0.481 e. The molecule has 0 unspecified atom stereocenters. The van der Waals surface area contributed by atoms with Gasteiger partial charge in [-0.2, -0.15) is 0 Å². The topological polar surface area (TPSA) is 208 Å². The Labute approximate surface area is 530 Å². The van der Waals surface area contributed by atoms with Gasteiger partial charge in [0.05, 0.1) is 72.0 Å². The second-order valence-electron chi connectivity index (χ2n) is 22.8. The maximum atomic E-state index is 15.2. The van der Waals surface area contributed by atoms with E-state index in [1.165, 1.54) is 60.0 Å². The highest BCUT2D eigenvalue weighted by Crippen LogP contribution is 2.51. The zero-order valence-corrected chi connectivity index (χ0v) is 53.1. The average molecular weight is 1330 g/mol. The molecular weight excluding hydrogens is 1260 g/mol. The number of carbonyl (C=O) groups excluding carboxylic acids is 2. The van der Waals surface area contributed by atoms with E-state index in [1.807, 2.05) is 0 Å². The van der Waals surface area contributed by atoms with E-state index in [0.29, 0.717) is 68.0 Å². The Morgan fingerprint density at radius 2 is 0.875 bits per heavy atom. The Morgan fingerprint density at radius 1 is 0.534 bits per heavy atom. The first kappa shape index (κ1) is 66.1. The first-order chi connectivity index (χ1) is 41.7. The van der Waals surface area contributed by atoms with Gasteiger partial charge in [0.25, 0.3) is 11.8 Å². The van der Waals surface area contributed by atoms with Crippen molar-refractivity contribution in [1.29, 1.82) is 0 Å². The summed E-state index contributed by atoms with van der Waals surface area (Å²) in [4.78, 5) is 56.2. The van der Waals surface area contributed by atoms with Gasteiger partial charge in [0, 0.05) is 20.1 Å². The molecule has 16 nitrogen and oxygen atoms in total. The van der Waals surface area contributed by atoms with Gasteiger partial charge in [0.2, 0.25) is 20.0 Å². The van der Waals surface area contributed by atoms with Gasteiger partial charge < -0.3 is 29.5 Å². The van der Waals surface area contributed by atoms with E-state index in [2.05, 4.69) is 0 Å². The van der Waals surface area contributed by atoms with Gasteiger partial charge in [0.1, 0.15) is 23.8 Å². The summed E-state index contributed by atoms with van der Waals surface area (Å²) in [6.07, 6.45) is -0.688. The molecule has 2 aliphatic carbocycles. The van der Waals surface area contributed by atoms with Gasteiger partial charge in [-0.25, -0.2) is 25.6 Å². The number of halogens is 6. The smallest absolute Gasteiger partial charge is 0.306 e. The molecule has 2 heterocycles. The Hall–Kier alpha value is -6.36. The molecule has 2 saturated carbocycles. The average Bonchev–Trinajstić information content (AvgIpc) is 1.32. The zero-order chi connectivity index (χ0) is 63.6. The number of hydrogen-bond acceptors (Lipinski definition) is 10. The molecule has 2 aliphatic heterocycles. The number of amides is 2. The van der Waals surface area contributed by atoms with Crippen LogP contribution in [0.4, 0.5) is 20.2 Å². The number of carboxylic acids is 2. The summed E-state index contributed by atoms with van der Waals surface area (Å²) >= 11 is 25.2. The molecular formula is C64H66Cl4F2N4O12S2. The number of ether oxygens (including phenoxy) is 2. The van der Waals surface area contributed by atoms with Crippen LogP contribution in [-0.2, 0) is 48.7 Å². The standard InChI is InChI=1S/2C32H33Cl2FN2O6S/c2*1-3-24(19-36(44(41,42)25-15-16-25)27-10-5-4-9-26(27)35)37-29(20-11-13-22(33)14-12-20)30(21-7-6-8-23(34)17-21)43-32(2,31(37)40)18-28(38)39/h2*4-14,17,24-25,29-30H,3,15-16,18-19H2,1-2H3,(H,38,39)/t24-,29+,30+,32+;24-,29+,30+,32-/m00/s1. The number of rotatable bonds is 22. The summed E-state index contributed by atoms with van der Waals surface area (Å²) in [5.41, 5.74) is -1.39. The van der Waals surface area contributed by atoms with E-state index >= 15 is 8.78 Å². The third-order valence-corrected chi connectivity index (χ3v) is 21.8. The van der Waals surface area contributed by atoms with Gasteiger partial charge in [0.15, 0.2) is 11.2 Å². The molecule has 24 heteroatoms. The summed E-state index contributed by atoms with van der Waals surface area (Å²) in [5, 5.41) is 20.1. The van der Waals surface area contributed by atoms with Crippen molar-refractivity contribution in [3.63, 3.8) is 0 Å². The fourth-order valence-corrected chi connectivity index (χ4v) is 16.1. The number of carbonyl (C=O) groups is 4. The fourth-order valence-electron chi connectivity index (χ4n) is 11.6. The molecule has 0 radical (unpaired) electrons. The molecule has 4 fully saturated rings. The summed E-state index contributed by atoms with van der Waals surface area (Å²) in [5.74, 6) is -5.14. The zero-order valence-electron chi connectivity index (χ0n) is 48.4. The normalized spacial score (nSPS) is 22.9. The molecule has 6 aromatic carbocycles. The lowest BCUT2D eigenvalue weighted by atomic mass is 9.85. The highest BCUT2D eigenvalue weighted by Gasteiger charge is 2.56. The minimum absolute atomic E-state index is 0.110. The number of aliphatic carboxylic acids is 2.